The standard InChI is InChI=1S/C18H15NO4/c1-11-3-6-15-14(8-17(20)23-16(15)7-11)10-22-18(21)13-5-4-12(2)19-9-13/h3-9H,10H2,1-2H3. The van der Waals surface area contributed by atoms with Crippen LogP contribution in [0.1, 0.15) is 27.2 Å². The number of benzene rings is 1. The van der Waals surface area contributed by atoms with Gasteiger partial charge in [0, 0.05) is 28.9 Å². The molecule has 3 aromatic rings. The first kappa shape index (κ1) is 15.0. The van der Waals surface area contributed by atoms with Gasteiger partial charge < -0.3 is 9.15 Å². The molecule has 0 amide bonds. The van der Waals surface area contributed by atoms with Crippen LogP contribution in [0.3, 0.4) is 0 Å². The second-order valence-corrected chi connectivity index (χ2v) is 5.35. The number of aromatic nitrogens is 1. The van der Waals surface area contributed by atoms with Crippen molar-refractivity contribution in [3.63, 3.8) is 0 Å². The largest absolute Gasteiger partial charge is 0.457 e. The number of nitrogens with zero attached hydrogens (tertiary/aromatic N) is 1. The zero-order valence-electron chi connectivity index (χ0n) is 12.8. The molecule has 23 heavy (non-hydrogen) atoms. The van der Waals surface area contributed by atoms with E-state index in [0.29, 0.717) is 16.7 Å². The summed E-state index contributed by atoms with van der Waals surface area (Å²) in [5.41, 5.74) is 2.82. The molecular weight excluding hydrogens is 294 g/mol. The van der Waals surface area contributed by atoms with Gasteiger partial charge >= 0.3 is 11.6 Å². The van der Waals surface area contributed by atoms with Crippen LogP contribution >= 0.6 is 0 Å². The average molecular weight is 309 g/mol. The van der Waals surface area contributed by atoms with Crippen LogP contribution in [0.25, 0.3) is 11.0 Å². The Morgan fingerprint density at radius 1 is 1.17 bits per heavy atom. The number of carbonyl (C=O) groups excluding carboxylic acids is 1. The van der Waals surface area contributed by atoms with E-state index < -0.39 is 11.6 Å². The van der Waals surface area contributed by atoms with Gasteiger partial charge in [-0.15, -0.1) is 0 Å². The van der Waals surface area contributed by atoms with Crippen molar-refractivity contribution in [1.82, 2.24) is 4.98 Å². The molecule has 1 aromatic carbocycles. The summed E-state index contributed by atoms with van der Waals surface area (Å²) in [6, 6.07) is 10.3. The van der Waals surface area contributed by atoms with Gasteiger partial charge in [0.15, 0.2) is 0 Å². The highest BCUT2D eigenvalue weighted by Gasteiger charge is 2.11. The molecule has 116 valence electrons. The summed E-state index contributed by atoms with van der Waals surface area (Å²) < 4.78 is 10.5. The van der Waals surface area contributed by atoms with Crippen LogP contribution in [0.4, 0.5) is 0 Å². The highest BCUT2D eigenvalue weighted by Crippen LogP contribution is 2.19. The molecule has 0 unspecified atom stereocenters. The maximum atomic E-state index is 12.0. The minimum absolute atomic E-state index is 0.00211. The van der Waals surface area contributed by atoms with Crippen molar-refractivity contribution in [2.75, 3.05) is 0 Å². The lowest BCUT2D eigenvalue weighted by Crippen LogP contribution is -2.08. The molecule has 2 heterocycles. The third-order valence-electron chi connectivity index (χ3n) is 3.49. The number of hydrogen-bond acceptors (Lipinski definition) is 5. The Bertz CT molecular complexity index is 926. The minimum Gasteiger partial charge on any atom is -0.457 e. The topological polar surface area (TPSA) is 69.4 Å². The molecule has 0 saturated carbocycles. The number of ether oxygens (including phenoxy) is 1. The summed E-state index contributed by atoms with van der Waals surface area (Å²) >= 11 is 0. The van der Waals surface area contributed by atoms with Gasteiger partial charge in [0.2, 0.25) is 0 Å². The summed E-state index contributed by atoms with van der Waals surface area (Å²) in [5, 5.41) is 0.755. The Morgan fingerprint density at radius 2 is 2.00 bits per heavy atom. The molecule has 0 saturated heterocycles. The zero-order valence-corrected chi connectivity index (χ0v) is 12.8. The van der Waals surface area contributed by atoms with Crippen LogP contribution in [0.5, 0.6) is 0 Å². The summed E-state index contributed by atoms with van der Waals surface area (Å²) in [6.45, 7) is 3.75. The van der Waals surface area contributed by atoms with Crippen molar-refractivity contribution in [1.29, 1.82) is 0 Å². The van der Waals surface area contributed by atoms with Crippen molar-refractivity contribution in [3.05, 3.63) is 75.4 Å². The van der Waals surface area contributed by atoms with E-state index in [1.807, 2.05) is 26.0 Å². The van der Waals surface area contributed by atoms with Crippen LogP contribution in [-0.2, 0) is 11.3 Å². The molecule has 0 fully saturated rings. The number of carbonyl (C=O) groups is 1. The fourth-order valence-electron chi connectivity index (χ4n) is 2.27. The second kappa shape index (κ2) is 6.04. The van der Waals surface area contributed by atoms with E-state index in [2.05, 4.69) is 4.98 Å². The first-order chi connectivity index (χ1) is 11.0. The quantitative estimate of drug-likeness (QED) is 0.549. The van der Waals surface area contributed by atoms with E-state index in [1.54, 1.807) is 18.2 Å². The summed E-state index contributed by atoms with van der Waals surface area (Å²) in [7, 11) is 0. The molecule has 0 aliphatic rings. The summed E-state index contributed by atoms with van der Waals surface area (Å²) in [6.07, 6.45) is 1.47. The fourth-order valence-corrected chi connectivity index (χ4v) is 2.27. The van der Waals surface area contributed by atoms with E-state index in [9.17, 15) is 9.59 Å². The molecule has 2 aromatic heterocycles. The van der Waals surface area contributed by atoms with Gasteiger partial charge in [0.1, 0.15) is 12.2 Å². The molecule has 0 radical (unpaired) electrons. The maximum Gasteiger partial charge on any atom is 0.340 e. The Morgan fingerprint density at radius 3 is 2.74 bits per heavy atom. The molecule has 0 N–H and O–H groups in total. The van der Waals surface area contributed by atoms with Gasteiger partial charge in [-0.05, 0) is 37.6 Å². The van der Waals surface area contributed by atoms with Crippen molar-refractivity contribution in [3.8, 4) is 0 Å². The number of pyridine rings is 1. The Kier molecular flexibility index (Phi) is 3.93. The monoisotopic (exact) mass is 309 g/mol. The molecule has 3 rings (SSSR count). The molecule has 5 nitrogen and oxygen atoms in total. The molecule has 0 spiro atoms. The van der Waals surface area contributed by atoms with E-state index in [-0.39, 0.29) is 6.61 Å². The van der Waals surface area contributed by atoms with Crippen molar-refractivity contribution in [2.24, 2.45) is 0 Å². The second-order valence-electron chi connectivity index (χ2n) is 5.35. The lowest BCUT2D eigenvalue weighted by atomic mass is 10.1. The van der Waals surface area contributed by atoms with Gasteiger partial charge in [-0.3, -0.25) is 4.98 Å². The van der Waals surface area contributed by atoms with E-state index in [1.165, 1.54) is 12.3 Å². The first-order valence-electron chi connectivity index (χ1n) is 7.16. The molecule has 0 aliphatic carbocycles. The molecule has 0 bridgehead atoms. The summed E-state index contributed by atoms with van der Waals surface area (Å²) in [4.78, 5) is 27.8. The third kappa shape index (κ3) is 3.29. The molecular formula is C18H15NO4. The first-order valence-corrected chi connectivity index (χ1v) is 7.16. The van der Waals surface area contributed by atoms with Crippen LogP contribution in [0.2, 0.25) is 0 Å². The van der Waals surface area contributed by atoms with Crippen LogP contribution in [0, 0.1) is 13.8 Å². The predicted molar refractivity (Wildman–Crippen MR) is 85.3 cm³/mol. The van der Waals surface area contributed by atoms with Gasteiger partial charge in [-0.2, -0.15) is 0 Å². The fraction of sp³-hybridized carbons (Fsp3) is 0.167. The lowest BCUT2D eigenvalue weighted by Gasteiger charge is -2.07. The number of rotatable bonds is 3. The maximum absolute atomic E-state index is 12.0. The lowest BCUT2D eigenvalue weighted by molar-refractivity contribution is 0.0473. The minimum atomic E-state index is -0.481. The van der Waals surface area contributed by atoms with E-state index >= 15 is 0 Å². The van der Waals surface area contributed by atoms with E-state index in [0.717, 1.165) is 16.6 Å². The van der Waals surface area contributed by atoms with Crippen LogP contribution in [-0.4, -0.2) is 11.0 Å². The van der Waals surface area contributed by atoms with Gasteiger partial charge in [0.25, 0.3) is 0 Å². The van der Waals surface area contributed by atoms with Gasteiger partial charge in [0.05, 0.1) is 5.56 Å². The highest BCUT2D eigenvalue weighted by atomic mass is 16.5. The molecule has 0 aliphatic heterocycles. The smallest absolute Gasteiger partial charge is 0.340 e. The number of aryl methyl sites for hydroxylation is 2. The predicted octanol–water partition coefficient (Wildman–Crippen LogP) is 3.16. The van der Waals surface area contributed by atoms with Gasteiger partial charge in [-0.1, -0.05) is 12.1 Å². The molecule has 0 atom stereocenters. The molecule has 5 heteroatoms. The van der Waals surface area contributed by atoms with Crippen molar-refractivity contribution in [2.45, 2.75) is 20.5 Å². The van der Waals surface area contributed by atoms with Crippen molar-refractivity contribution < 1.29 is 13.9 Å². The van der Waals surface area contributed by atoms with Gasteiger partial charge in [-0.25, -0.2) is 9.59 Å². The van der Waals surface area contributed by atoms with Crippen molar-refractivity contribution >= 4 is 16.9 Å². The SMILES string of the molecule is Cc1ccc2c(COC(=O)c3ccc(C)nc3)cc(=O)oc2c1. The normalized spacial score (nSPS) is 10.7. The Labute approximate surface area is 132 Å². The number of esters is 1. The number of fused-ring (bicyclic) bond motifs is 1. The highest BCUT2D eigenvalue weighted by molar-refractivity contribution is 5.89. The van der Waals surface area contributed by atoms with E-state index in [4.69, 9.17) is 9.15 Å². The summed E-state index contributed by atoms with van der Waals surface area (Å²) in [5.74, 6) is -0.481. The Hall–Kier alpha value is -2.95. The van der Waals surface area contributed by atoms with Crippen LogP contribution in [0.15, 0.2) is 51.8 Å². The number of hydrogen-bond donors (Lipinski definition) is 0. The Balaban J connectivity index is 1.85. The average Bonchev–Trinajstić information content (AvgIpc) is 2.52. The zero-order chi connectivity index (χ0) is 16.4. The van der Waals surface area contributed by atoms with Crippen LogP contribution < -0.4 is 5.63 Å². The third-order valence-corrected chi connectivity index (χ3v) is 3.49.